The highest BCUT2D eigenvalue weighted by molar-refractivity contribution is 5.97. The zero-order valence-electron chi connectivity index (χ0n) is 13.7. The Labute approximate surface area is 137 Å². The van der Waals surface area contributed by atoms with Crippen molar-refractivity contribution in [3.05, 3.63) is 35.9 Å². The number of urea groups is 1. The van der Waals surface area contributed by atoms with Crippen LogP contribution in [0.3, 0.4) is 0 Å². The lowest BCUT2D eigenvalue weighted by Crippen LogP contribution is -3.29. The molecule has 1 atom stereocenters. The molecule has 2 saturated heterocycles. The Morgan fingerprint density at radius 1 is 1.22 bits per heavy atom. The number of nitrogens with zero attached hydrogens (tertiary/aromatic N) is 1. The Morgan fingerprint density at radius 3 is 2.52 bits per heavy atom. The molecule has 0 aliphatic carbocycles. The van der Waals surface area contributed by atoms with Gasteiger partial charge in [0.1, 0.15) is 32.7 Å². The fourth-order valence-electron chi connectivity index (χ4n) is 3.51. The lowest BCUT2D eigenvalue weighted by atomic mass is 10.1. The van der Waals surface area contributed by atoms with Crippen LogP contribution in [0.25, 0.3) is 0 Å². The number of quaternary nitrogens is 2. The summed E-state index contributed by atoms with van der Waals surface area (Å²) in [5.41, 5.74) is 1.36. The summed E-state index contributed by atoms with van der Waals surface area (Å²) in [5.74, 6) is -0.0403. The number of rotatable bonds is 4. The van der Waals surface area contributed by atoms with Gasteiger partial charge in [0.2, 0.25) is 0 Å². The molecule has 23 heavy (non-hydrogen) atoms. The third-order valence-electron chi connectivity index (χ3n) is 5.00. The molecule has 124 valence electrons. The summed E-state index contributed by atoms with van der Waals surface area (Å²) in [5, 5.41) is 2.70. The van der Waals surface area contributed by atoms with E-state index in [1.54, 1.807) is 4.90 Å². The minimum atomic E-state index is -0.241. The number of benzene rings is 1. The first-order valence-electron chi connectivity index (χ1n) is 8.46. The van der Waals surface area contributed by atoms with Crippen molar-refractivity contribution in [2.24, 2.45) is 0 Å². The van der Waals surface area contributed by atoms with E-state index in [2.05, 4.69) is 29.6 Å². The fourth-order valence-corrected chi connectivity index (χ4v) is 3.51. The first-order chi connectivity index (χ1) is 11.1. The summed E-state index contributed by atoms with van der Waals surface area (Å²) in [7, 11) is 0. The maximum Gasteiger partial charge on any atom is 0.324 e. The first kappa shape index (κ1) is 16.0. The van der Waals surface area contributed by atoms with Crippen molar-refractivity contribution in [3.63, 3.8) is 0 Å². The molecule has 2 fully saturated rings. The number of carbonyl (C=O) groups excluding carboxylic acids is 2. The van der Waals surface area contributed by atoms with Gasteiger partial charge in [-0.3, -0.25) is 9.69 Å². The van der Waals surface area contributed by atoms with E-state index < -0.39 is 0 Å². The van der Waals surface area contributed by atoms with Gasteiger partial charge in [-0.25, -0.2) is 4.79 Å². The molecule has 0 aromatic heterocycles. The summed E-state index contributed by atoms with van der Waals surface area (Å²) in [6.07, 6.45) is 0. The van der Waals surface area contributed by atoms with E-state index in [9.17, 15) is 9.59 Å². The summed E-state index contributed by atoms with van der Waals surface area (Å²) in [4.78, 5) is 28.3. The molecule has 3 rings (SSSR count). The molecule has 1 aromatic rings. The fraction of sp³-hybridized carbons (Fsp3) is 0.529. The highest BCUT2D eigenvalue weighted by Gasteiger charge is 2.37. The van der Waals surface area contributed by atoms with E-state index >= 15 is 0 Å². The second-order valence-corrected chi connectivity index (χ2v) is 6.51. The van der Waals surface area contributed by atoms with Gasteiger partial charge in [0.05, 0.1) is 0 Å². The Morgan fingerprint density at radius 2 is 1.91 bits per heavy atom. The largest absolute Gasteiger partial charge is 0.336 e. The number of piperazine rings is 1. The van der Waals surface area contributed by atoms with Gasteiger partial charge in [-0.2, -0.15) is 0 Å². The number of hydrogen-bond acceptors (Lipinski definition) is 2. The van der Waals surface area contributed by atoms with Crippen LogP contribution in [0.4, 0.5) is 4.79 Å². The predicted octanol–water partition coefficient (Wildman–Crippen LogP) is -2.09. The molecule has 3 N–H and O–H groups in total. The SMILES string of the molecule is C[C@H](C(=O)N1CCNC1=O)[NH+]1CC[NH+](Cc2ccccc2)CC1. The molecule has 2 heterocycles. The number of hydrogen-bond donors (Lipinski definition) is 3. The van der Waals surface area contributed by atoms with Crippen molar-refractivity contribution in [3.8, 4) is 0 Å². The Balaban J connectivity index is 1.50. The average molecular weight is 318 g/mol. The number of amides is 3. The molecular weight excluding hydrogens is 292 g/mol. The van der Waals surface area contributed by atoms with Crippen molar-refractivity contribution in [1.29, 1.82) is 0 Å². The van der Waals surface area contributed by atoms with Crippen molar-refractivity contribution < 1.29 is 19.4 Å². The minimum absolute atomic E-state index is 0.0403. The highest BCUT2D eigenvalue weighted by Crippen LogP contribution is 1.99. The molecule has 3 amide bonds. The molecule has 2 aliphatic heterocycles. The molecule has 0 spiro atoms. The maximum atomic E-state index is 12.5. The van der Waals surface area contributed by atoms with Crippen LogP contribution in [-0.4, -0.2) is 62.1 Å². The normalized spacial score (nSPS) is 26.0. The predicted molar refractivity (Wildman–Crippen MR) is 86.1 cm³/mol. The Bertz CT molecular complexity index is 555. The van der Waals surface area contributed by atoms with E-state index in [-0.39, 0.29) is 18.0 Å². The van der Waals surface area contributed by atoms with Crippen LogP contribution in [0.1, 0.15) is 12.5 Å². The van der Waals surface area contributed by atoms with Crippen molar-refractivity contribution >= 4 is 11.9 Å². The van der Waals surface area contributed by atoms with E-state index in [1.165, 1.54) is 15.4 Å². The number of carbonyl (C=O) groups is 2. The van der Waals surface area contributed by atoms with Crippen LogP contribution in [0, 0.1) is 0 Å². The van der Waals surface area contributed by atoms with Crippen LogP contribution in [0.2, 0.25) is 0 Å². The molecule has 1 aromatic carbocycles. The van der Waals surface area contributed by atoms with Crippen LogP contribution in [0.5, 0.6) is 0 Å². The van der Waals surface area contributed by atoms with Gasteiger partial charge in [0.25, 0.3) is 5.91 Å². The number of imide groups is 1. The molecule has 0 bridgehead atoms. The third-order valence-corrected chi connectivity index (χ3v) is 5.00. The van der Waals surface area contributed by atoms with Crippen LogP contribution >= 0.6 is 0 Å². The molecule has 0 radical (unpaired) electrons. The van der Waals surface area contributed by atoms with Crippen LogP contribution in [0.15, 0.2) is 30.3 Å². The van der Waals surface area contributed by atoms with Crippen molar-refractivity contribution in [2.75, 3.05) is 39.3 Å². The van der Waals surface area contributed by atoms with Gasteiger partial charge in [-0.05, 0) is 6.92 Å². The Hall–Kier alpha value is -1.92. The summed E-state index contributed by atoms with van der Waals surface area (Å²) >= 11 is 0. The lowest BCUT2D eigenvalue weighted by Gasteiger charge is -2.33. The molecular formula is C17H26N4O2+2. The smallest absolute Gasteiger partial charge is 0.324 e. The minimum Gasteiger partial charge on any atom is -0.336 e. The van der Waals surface area contributed by atoms with E-state index in [4.69, 9.17) is 0 Å². The summed E-state index contributed by atoms with van der Waals surface area (Å²) < 4.78 is 0. The van der Waals surface area contributed by atoms with E-state index in [1.807, 2.05) is 13.0 Å². The average Bonchev–Trinajstić information content (AvgIpc) is 3.01. The molecule has 0 unspecified atom stereocenters. The summed E-state index contributed by atoms with van der Waals surface area (Å²) in [6.45, 7) is 8.15. The summed E-state index contributed by atoms with van der Waals surface area (Å²) in [6, 6.07) is 10.2. The van der Waals surface area contributed by atoms with Crippen LogP contribution in [-0.2, 0) is 11.3 Å². The van der Waals surface area contributed by atoms with Gasteiger partial charge >= 0.3 is 6.03 Å². The molecule has 6 nitrogen and oxygen atoms in total. The first-order valence-corrected chi connectivity index (χ1v) is 8.46. The van der Waals surface area contributed by atoms with Gasteiger partial charge in [-0.1, -0.05) is 30.3 Å². The van der Waals surface area contributed by atoms with Crippen molar-refractivity contribution in [1.82, 2.24) is 10.2 Å². The number of nitrogens with one attached hydrogen (secondary N) is 3. The molecule has 6 heteroatoms. The second kappa shape index (κ2) is 7.10. The van der Waals surface area contributed by atoms with Gasteiger partial charge in [-0.15, -0.1) is 0 Å². The highest BCUT2D eigenvalue weighted by atomic mass is 16.2. The second-order valence-electron chi connectivity index (χ2n) is 6.51. The Kier molecular flexibility index (Phi) is 4.93. The van der Waals surface area contributed by atoms with Gasteiger partial charge in [0.15, 0.2) is 6.04 Å². The standard InChI is InChI=1S/C17H24N4O2/c1-14(16(22)21-8-7-18-17(21)23)20-11-9-19(10-12-20)13-15-5-3-2-4-6-15/h2-6,14H,7-13H2,1H3,(H,18,23)/p+2/t14-/m1/s1. The topological polar surface area (TPSA) is 58.3 Å². The van der Waals surface area contributed by atoms with Gasteiger partial charge < -0.3 is 15.1 Å². The van der Waals surface area contributed by atoms with Crippen molar-refractivity contribution in [2.45, 2.75) is 19.5 Å². The molecule has 0 saturated carbocycles. The maximum absolute atomic E-state index is 12.5. The lowest BCUT2D eigenvalue weighted by molar-refractivity contribution is -1.02. The monoisotopic (exact) mass is 318 g/mol. The van der Waals surface area contributed by atoms with E-state index in [0.29, 0.717) is 13.1 Å². The third kappa shape index (κ3) is 3.71. The van der Waals surface area contributed by atoms with Gasteiger partial charge in [0, 0.05) is 18.7 Å². The molecule has 2 aliphatic rings. The zero-order valence-corrected chi connectivity index (χ0v) is 13.7. The van der Waals surface area contributed by atoms with E-state index in [0.717, 1.165) is 32.7 Å². The quantitative estimate of drug-likeness (QED) is 0.596. The zero-order chi connectivity index (χ0) is 16.2. The van der Waals surface area contributed by atoms with Crippen LogP contribution < -0.4 is 15.1 Å².